The lowest BCUT2D eigenvalue weighted by molar-refractivity contribution is -0.137. The summed E-state index contributed by atoms with van der Waals surface area (Å²) in [5.74, 6) is 0.411. The van der Waals surface area contributed by atoms with Crippen LogP contribution in [0.1, 0.15) is 5.56 Å². The summed E-state index contributed by atoms with van der Waals surface area (Å²) in [6.07, 6.45) is 1.81. The number of benzene rings is 2. The molecule has 2 saturated heterocycles. The molecule has 2 aromatic carbocycles. The number of ether oxygens (including phenoxy) is 2. The summed E-state index contributed by atoms with van der Waals surface area (Å²) >= 11 is 10.8. The van der Waals surface area contributed by atoms with Gasteiger partial charge >= 0.3 is 0 Å². The minimum absolute atomic E-state index is 0.0144. The van der Waals surface area contributed by atoms with Crippen LogP contribution in [0.3, 0.4) is 0 Å². The van der Waals surface area contributed by atoms with E-state index in [1.807, 2.05) is 30.3 Å². The number of morpholine rings is 1. The smallest absolute Gasteiger partial charge is 0.266 e. The minimum atomic E-state index is -0.126. The van der Waals surface area contributed by atoms with Crippen LogP contribution >= 0.6 is 39.3 Å². The SMILES string of the molecule is CN1C(=O)/C(=C/c2ccc(OCC(=O)N3CCOCC3)cc2)SC1=Nc1ccc(Br)c(Cl)c1. The third kappa shape index (κ3) is 5.97. The van der Waals surface area contributed by atoms with Crippen LogP contribution in [0.5, 0.6) is 5.75 Å². The van der Waals surface area contributed by atoms with Crippen LogP contribution < -0.4 is 4.74 Å². The summed E-state index contributed by atoms with van der Waals surface area (Å²) in [6, 6.07) is 12.6. The Morgan fingerprint density at radius 2 is 1.97 bits per heavy atom. The second-order valence-corrected chi connectivity index (χ2v) is 9.59. The van der Waals surface area contributed by atoms with Gasteiger partial charge in [-0.25, -0.2) is 4.99 Å². The number of amidine groups is 1. The van der Waals surface area contributed by atoms with Crippen molar-refractivity contribution in [3.63, 3.8) is 0 Å². The summed E-state index contributed by atoms with van der Waals surface area (Å²) in [7, 11) is 1.69. The van der Waals surface area contributed by atoms with Crippen molar-refractivity contribution in [3.05, 3.63) is 62.4 Å². The highest BCUT2D eigenvalue weighted by Crippen LogP contribution is 2.34. The predicted molar refractivity (Wildman–Crippen MR) is 134 cm³/mol. The number of amides is 2. The highest BCUT2D eigenvalue weighted by atomic mass is 79.9. The molecule has 0 N–H and O–H groups in total. The molecule has 0 radical (unpaired) electrons. The lowest BCUT2D eigenvalue weighted by atomic mass is 10.2. The monoisotopic (exact) mass is 549 g/mol. The van der Waals surface area contributed by atoms with Crippen LogP contribution in [-0.2, 0) is 14.3 Å². The quantitative estimate of drug-likeness (QED) is 0.510. The largest absolute Gasteiger partial charge is 0.484 e. The van der Waals surface area contributed by atoms with Crippen LogP contribution in [-0.4, -0.2) is 66.7 Å². The lowest BCUT2D eigenvalue weighted by Crippen LogP contribution is -2.42. The molecule has 2 aliphatic heterocycles. The van der Waals surface area contributed by atoms with Crippen LogP contribution in [0, 0.1) is 0 Å². The standard InChI is InChI=1S/C23H21BrClN3O4S/c1-27-22(30)20(33-23(27)26-16-4-7-18(24)19(25)13-16)12-15-2-5-17(6-3-15)32-14-21(29)28-8-10-31-11-9-28/h2-7,12-13H,8-11,14H2,1H3/b20-12-,26-23?. The Bertz CT molecular complexity index is 1120. The zero-order chi connectivity index (χ0) is 23.4. The van der Waals surface area contributed by atoms with Gasteiger partial charge in [0.25, 0.3) is 11.8 Å². The number of rotatable bonds is 5. The number of thioether (sulfide) groups is 1. The summed E-state index contributed by atoms with van der Waals surface area (Å²) < 4.78 is 11.7. The van der Waals surface area contributed by atoms with Gasteiger partial charge in [-0.05, 0) is 69.7 Å². The van der Waals surface area contributed by atoms with E-state index in [0.717, 1.165) is 10.0 Å². The molecule has 0 unspecified atom stereocenters. The maximum atomic E-state index is 12.7. The molecule has 0 atom stereocenters. The fraction of sp³-hybridized carbons (Fsp3) is 0.261. The van der Waals surface area contributed by atoms with Gasteiger partial charge in [-0.3, -0.25) is 14.5 Å². The Morgan fingerprint density at radius 3 is 2.67 bits per heavy atom. The van der Waals surface area contributed by atoms with E-state index in [9.17, 15) is 9.59 Å². The van der Waals surface area contributed by atoms with Crippen molar-refractivity contribution in [2.75, 3.05) is 40.0 Å². The molecule has 7 nitrogen and oxygen atoms in total. The first-order valence-electron chi connectivity index (χ1n) is 10.2. The summed E-state index contributed by atoms with van der Waals surface area (Å²) in [5, 5.41) is 1.13. The number of nitrogens with zero attached hydrogens (tertiary/aromatic N) is 3. The molecule has 0 bridgehead atoms. The zero-order valence-electron chi connectivity index (χ0n) is 17.8. The van der Waals surface area contributed by atoms with Gasteiger partial charge in [-0.2, -0.15) is 0 Å². The fourth-order valence-corrected chi connectivity index (χ4v) is 4.59. The van der Waals surface area contributed by atoms with Crippen molar-refractivity contribution in [2.45, 2.75) is 0 Å². The van der Waals surface area contributed by atoms with E-state index < -0.39 is 0 Å². The Hall–Kier alpha value is -2.33. The number of carbonyl (C=O) groups excluding carboxylic acids is 2. The Morgan fingerprint density at radius 1 is 1.24 bits per heavy atom. The van der Waals surface area contributed by atoms with Crippen molar-refractivity contribution in [1.29, 1.82) is 0 Å². The molecule has 172 valence electrons. The molecule has 2 amide bonds. The van der Waals surface area contributed by atoms with Crippen LogP contribution in [0.25, 0.3) is 6.08 Å². The van der Waals surface area contributed by atoms with E-state index in [2.05, 4.69) is 20.9 Å². The number of carbonyl (C=O) groups is 2. The number of aliphatic imine (C=N–C) groups is 1. The second-order valence-electron chi connectivity index (χ2n) is 7.32. The number of hydrogen-bond donors (Lipinski definition) is 0. The second kappa shape index (κ2) is 10.7. The van der Waals surface area contributed by atoms with E-state index in [-0.39, 0.29) is 18.4 Å². The van der Waals surface area contributed by atoms with Crippen molar-refractivity contribution >= 4 is 68.0 Å². The van der Waals surface area contributed by atoms with Gasteiger partial charge in [0.2, 0.25) is 0 Å². The van der Waals surface area contributed by atoms with E-state index in [1.54, 1.807) is 30.1 Å². The third-order valence-electron chi connectivity index (χ3n) is 5.04. The summed E-state index contributed by atoms with van der Waals surface area (Å²) in [6.45, 7) is 2.29. The van der Waals surface area contributed by atoms with Crippen molar-refractivity contribution in [3.8, 4) is 5.75 Å². The fourth-order valence-electron chi connectivity index (χ4n) is 3.18. The van der Waals surface area contributed by atoms with E-state index >= 15 is 0 Å². The first kappa shape index (κ1) is 23.8. The zero-order valence-corrected chi connectivity index (χ0v) is 21.0. The van der Waals surface area contributed by atoms with Crippen molar-refractivity contribution in [2.24, 2.45) is 4.99 Å². The third-order valence-corrected chi connectivity index (χ3v) is 7.33. The molecule has 2 aliphatic rings. The van der Waals surface area contributed by atoms with Crippen molar-refractivity contribution < 1.29 is 19.1 Å². The number of likely N-dealkylation sites (N-methyl/N-ethyl adjacent to an activating group) is 1. The molecule has 2 fully saturated rings. The highest BCUT2D eigenvalue weighted by molar-refractivity contribution is 9.10. The van der Waals surface area contributed by atoms with Gasteiger partial charge in [0.05, 0.1) is 28.8 Å². The molecule has 4 rings (SSSR count). The van der Waals surface area contributed by atoms with Crippen LogP contribution in [0.4, 0.5) is 5.69 Å². The van der Waals surface area contributed by atoms with Gasteiger partial charge in [-0.1, -0.05) is 23.7 Å². The van der Waals surface area contributed by atoms with Gasteiger partial charge in [0.1, 0.15) is 5.75 Å². The first-order chi connectivity index (χ1) is 15.9. The van der Waals surface area contributed by atoms with Gasteiger partial charge < -0.3 is 14.4 Å². The minimum Gasteiger partial charge on any atom is -0.484 e. The van der Waals surface area contributed by atoms with Crippen LogP contribution in [0.2, 0.25) is 5.02 Å². The van der Waals surface area contributed by atoms with Gasteiger partial charge in [0, 0.05) is 24.6 Å². The predicted octanol–water partition coefficient (Wildman–Crippen LogP) is 4.57. The molecule has 2 heterocycles. The molecule has 33 heavy (non-hydrogen) atoms. The molecule has 0 aliphatic carbocycles. The maximum Gasteiger partial charge on any atom is 0.266 e. The normalized spacial score (nSPS) is 18.9. The topological polar surface area (TPSA) is 71.4 Å². The van der Waals surface area contributed by atoms with E-state index in [1.165, 1.54) is 16.7 Å². The van der Waals surface area contributed by atoms with E-state index in [4.69, 9.17) is 21.1 Å². The van der Waals surface area contributed by atoms with Crippen molar-refractivity contribution in [1.82, 2.24) is 9.80 Å². The Labute approximate surface area is 209 Å². The molecular formula is C23H21BrClN3O4S. The average Bonchev–Trinajstić information content (AvgIpc) is 3.09. The molecule has 10 heteroatoms. The van der Waals surface area contributed by atoms with Gasteiger partial charge in [-0.15, -0.1) is 0 Å². The Balaban J connectivity index is 1.40. The average molecular weight is 551 g/mol. The molecule has 0 aromatic heterocycles. The summed E-state index contributed by atoms with van der Waals surface area (Å²) in [5.41, 5.74) is 1.51. The van der Waals surface area contributed by atoms with Crippen LogP contribution in [0.15, 0.2) is 56.8 Å². The highest BCUT2D eigenvalue weighted by Gasteiger charge is 2.30. The number of hydrogen-bond acceptors (Lipinski definition) is 6. The van der Waals surface area contributed by atoms with Gasteiger partial charge in [0.15, 0.2) is 11.8 Å². The van der Waals surface area contributed by atoms with E-state index in [0.29, 0.717) is 52.8 Å². The maximum absolute atomic E-state index is 12.7. The lowest BCUT2D eigenvalue weighted by Gasteiger charge is -2.26. The molecule has 0 spiro atoms. The first-order valence-corrected chi connectivity index (χ1v) is 12.2. The Kier molecular flexibility index (Phi) is 7.75. The molecular weight excluding hydrogens is 530 g/mol. The number of halogens is 2. The summed E-state index contributed by atoms with van der Waals surface area (Å²) in [4.78, 5) is 33.2. The molecule has 0 saturated carbocycles. The molecule has 2 aromatic rings.